The Hall–Kier alpha value is -1.59. The van der Waals surface area contributed by atoms with Crippen molar-refractivity contribution in [3.63, 3.8) is 0 Å². The largest absolute Gasteiger partial charge is 0.291 e. The van der Waals surface area contributed by atoms with E-state index in [1.165, 1.54) is 10.8 Å². The Morgan fingerprint density at radius 2 is 1.95 bits per heavy atom. The lowest BCUT2D eigenvalue weighted by Gasteiger charge is -2.04. The summed E-state index contributed by atoms with van der Waals surface area (Å²) >= 11 is 0. The number of rotatable bonds is 3. The maximum absolute atomic E-state index is 12.2. The van der Waals surface area contributed by atoms with Crippen molar-refractivity contribution in [1.29, 1.82) is 0 Å². The van der Waals surface area contributed by atoms with Crippen LogP contribution in [-0.4, -0.2) is 23.5 Å². The number of ketones is 1. The molecule has 1 aromatic rings. The highest BCUT2D eigenvalue weighted by Gasteiger charge is 2.29. The number of benzene rings is 1. The lowest BCUT2D eigenvalue weighted by Crippen LogP contribution is -2.12. The zero-order valence-corrected chi connectivity index (χ0v) is 11.5. The van der Waals surface area contributed by atoms with Crippen molar-refractivity contribution in [2.24, 2.45) is 9.98 Å². The summed E-state index contributed by atoms with van der Waals surface area (Å²) in [6, 6.07) is 10.00. The van der Waals surface area contributed by atoms with Gasteiger partial charge in [-0.05, 0) is 24.3 Å². The normalized spacial score (nSPS) is 24.6. The highest BCUT2D eigenvalue weighted by molar-refractivity contribution is 8.77. The van der Waals surface area contributed by atoms with Crippen molar-refractivity contribution in [3.05, 3.63) is 53.9 Å². The van der Waals surface area contributed by atoms with Crippen molar-refractivity contribution < 1.29 is 4.79 Å². The average Bonchev–Trinajstić information content (AvgIpc) is 3.07. The third kappa shape index (κ3) is 2.72. The summed E-state index contributed by atoms with van der Waals surface area (Å²) < 4.78 is 0. The Balaban J connectivity index is 1.67. The van der Waals surface area contributed by atoms with Gasteiger partial charge in [0, 0.05) is 17.3 Å². The fraction of sp³-hybridized carbons (Fsp3) is 0.0714. The van der Waals surface area contributed by atoms with Gasteiger partial charge in [-0.25, -0.2) is 0 Å². The molecule has 0 spiro atoms. The summed E-state index contributed by atoms with van der Waals surface area (Å²) in [5.41, 5.74) is 1.13. The van der Waals surface area contributed by atoms with Crippen LogP contribution < -0.4 is 0 Å². The van der Waals surface area contributed by atoms with Crippen LogP contribution in [0.4, 0.5) is 0 Å². The molecular formula is C14H10N2OS2. The molecule has 0 N–H and O–H groups in total. The Morgan fingerprint density at radius 1 is 1.11 bits per heavy atom. The van der Waals surface area contributed by atoms with Crippen LogP contribution in [0.25, 0.3) is 0 Å². The molecule has 0 aliphatic carbocycles. The molecule has 0 bridgehead atoms. The van der Waals surface area contributed by atoms with Crippen molar-refractivity contribution in [3.8, 4) is 0 Å². The van der Waals surface area contributed by atoms with Crippen LogP contribution in [0.5, 0.6) is 0 Å². The van der Waals surface area contributed by atoms with Gasteiger partial charge in [0.2, 0.25) is 5.78 Å². The number of hydrogen-bond donors (Lipinski definition) is 0. The van der Waals surface area contributed by atoms with Gasteiger partial charge in [0.05, 0.1) is 5.70 Å². The first kappa shape index (κ1) is 12.4. The number of carbonyl (C=O) groups is 1. The summed E-state index contributed by atoms with van der Waals surface area (Å²) in [5.74, 6) is 0.0344. The van der Waals surface area contributed by atoms with E-state index in [-0.39, 0.29) is 11.0 Å². The first-order valence-electron chi connectivity index (χ1n) is 5.76. The van der Waals surface area contributed by atoms with E-state index in [1.807, 2.05) is 42.5 Å². The smallest absolute Gasteiger partial charge is 0.202 e. The lowest BCUT2D eigenvalue weighted by atomic mass is 10.2. The van der Waals surface area contributed by atoms with E-state index in [4.69, 9.17) is 0 Å². The SMILES string of the molecule is O=C1C(=C2C=CC=N2)N=CC1SSc1ccccc1. The molecule has 2 aliphatic rings. The van der Waals surface area contributed by atoms with Gasteiger partial charge < -0.3 is 0 Å². The molecule has 0 aromatic heterocycles. The van der Waals surface area contributed by atoms with Gasteiger partial charge in [0.15, 0.2) is 0 Å². The standard InChI is InChI=1S/C14H10N2OS2/c17-14-12(19-18-10-5-2-1-3-6-10)9-16-13(14)11-7-4-8-15-11/h1-9,12H. The average molecular weight is 286 g/mol. The van der Waals surface area contributed by atoms with E-state index in [1.54, 1.807) is 23.2 Å². The predicted molar refractivity (Wildman–Crippen MR) is 81.8 cm³/mol. The molecule has 1 atom stereocenters. The zero-order chi connectivity index (χ0) is 13.1. The van der Waals surface area contributed by atoms with Gasteiger partial charge in [0.1, 0.15) is 10.9 Å². The van der Waals surface area contributed by atoms with Crippen molar-refractivity contribution in [2.45, 2.75) is 10.1 Å². The molecule has 5 heteroatoms. The summed E-state index contributed by atoms with van der Waals surface area (Å²) in [5, 5.41) is -0.225. The molecule has 1 unspecified atom stereocenters. The minimum atomic E-state index is -0.225. The van der Waals surface area contributed by atoms with E-state index in [2.05, 4.69) is 9.98 Å². The lowest BCUT2D eigenvalue weighted by molar-refractivity contribution is -0.113. The summed E-state index contributed by atoms with van der Waals surface area (Å²) in [6.07, 6.45) is 6.99. The van der Waals surface area contributed by atoms with E-state index in [0.29, 0.717) is 11.4 Å². The second-order valence-electron chi connectivity index (χ2n) is 3.93. The molecule has 0 fully saturated rings. The summed E-state index contributed by atoms with van der Waals surface area (Å²) in [6.45, 7) is 0. The molecule has 3 nitrogen and oxygen atoms in total. The predicted octanol–water partition coefficient (Wildman–Crippen LogP) is 3.30. The minimum Gasteiger partial charge on any atom is -0.291 e. The molecule has 0 saturated carbocycles. The molecule has 0 amide bonds. The zero-order valence-electron chi connectivity index (χ0n) is 9.89. The van der Waals surface area contributed by atoms with Crippen LogP contribution in [-0.2, 0) is 4.79 Å². The van der Waals surface area contributed by atoms with E-state index >= 15 is 0 Å². The molecule has 1 aromatic carbocycles. The minimum absolute atomic E-state index is 0.0344. The second kappa shape index (κ2) is 5.59. The van der Waals surface area contributed by atoms with E-state index in [9.17, 15) is 4.79 Å². The first-order valence-corrected chi connectivity index (χ1v) is 7.98. The van der Waals surface area contributed by atoms with Crippen LogP contribution in [0.3, 0.4) is 0 Å². The highest BCUT2D eigenvalue weighted by atomic mass is 33.1. The quantitative estimate of drug-likeness (QED) is 0.632. The van der Waals surface area contributed by atoms with Crippen LogP contribution in [0.2, 0.25) is 0 Å². The molecule has 2 aliphatic heterocycles. The van der Waals surface area contributed by atoms with Gasteiger partial charge >= 0.3 is 0 Å². The number of aliphatic imine (C=N–C) groups is 2. The first-order chi connectivity index (χ1) is 9.34. The highest BCUT2D eigenvalue weighted by Crippen LogP contribution is 2.37. The third-order valence-corrected chi connectivity index (χ3v) is 5.21. The van der Waals surface area contributed by atoms with Gasteiger partial charge in [-0.1, -0.05) is 39.8 Å². The van der Waals surface area contributed by atoms with Crippen molar-refractivity contribution in [2.75, 3.05) is 0 Å². The summed E-state index contributed by atoms with van der Waals surface area (Å²) in [7, 11) is 3.11. The van der Waals surface area contributed by atoms with Crippen LogP contribution in [0, 0.1) is 0 Å². The Labute approximate surface area is 119 Å². The molecule has 94 valence electrons. The Bertz CT molecular complexity index is 604. The molecule has 19 heavy (non-hydrogen) atoms. The van der Waals surface area contributed by atoms with Gasteiger partial charge in [0.25, 0.3) is 0 Å². The summed E-state index contributed by atoms with van der Waals surface area (Å²) in [4.78, 5) is 21.6. The van der Waals surface area contributed by atoms with Crippen LogP contribution in [0.1, 0.15) is 0 Å². The van der Waals surface area contributed by atoms with Crippen molar-refractivity contribution in [1.82, 2.24) is 0 Å². The topological polar surface area (TPSA) is 41.8 Å². The maximum Gasteiger partial charge on any atom is 0.202 e. The fourth-order valence-electron chi connectivity index (χ4n) is 1.69. The monoisotopic (exact) mass is 286 g/mol. The van der Waals surface area contributed by atoms with Crippen LogP contribution in [0.15, 0.2) is 68.8 Å². The molecular weight excluding hydrogens is 276 g/mol. The number of carbonyl (C=O) groups excluding carboxylic acids is 1. The van der Waals surface area contributed by atoms with Gasteiger partial charge in [-0.2, -0.15) is 0 Å². The van der Waals surface area contributed by atoms with E-state index < -0.39 is 0 Å². The second-order valence-corrected chi connectivity index (χ2v) is 6.34. The Morgan fingerprint density at radius 3 is 2.68 bits per heavy atom. The Kier molecular flexibility index (Phi) is 3.66. The maximum atomic E-state index is 12.2. The van der Waals surface area contributed by atoms with Crippen molar-refractivity contribution >= 4 is 39.8 Å². The number of allylic oxidation sites excluding steroid dienone is 3. The number of hydrogen-bond acceptors (Lipinski definition) is 5. The van der Waals surface area contributed by atoms with Gasteiger partial charge in [-0.15, -0.1) is 0 Å². The fourth-order valence-corrected chi connectivity index (χ4v) is 3.87. The molecule has 2 heterocycles. The number of Topliss-reactive ketones (excluding diaryl/α,β-unsaturated/α-hetero) is 1. The van der Waals surface area contributed by atoms with E-state index in [0.717, 1.165) is 4.90 Å². The molecule has 0 saturated heterocycles. The molecule has 3 rings (SSSR count). The van der Waals surface area contributed by atoms with Crippen LogP contribution >= 0.6 is 21.6 Å². The van der Waals surface area contributed by atoms with Gasteiger partial charge in [-0.3, -0.25) is 14.8 Å². The number of nitrogens with zero attached hydrogens (tertiary/aromatic N) is 2. The molecule has 0 radical (unpaired) electrons. The third-order valence-electron chi connectivity index (χ3n) is 2.62.